The predicted octanol–water partition coefficient (Wildman–Crippen LogP) is 1.27. The molecule has 0 atom stereocenters. The molecule has 0 spiro atoms. The average molecular weight is 509 g/mol. The van der Waals surface area contributed by atoms with Crippen LogP contribution in [0.3, 0.4) is 0 Å². The number of fused-ring (bicyclic) bond motifs is 1. The highest BCUT2D eigenvalue weighted by atomic mass is 16.5. The second-order valence-electron chi connectivity index (χ2n) is 8.83. The zero-order valence-electron chi connectivity index (χ0n) is 20.8. The third-order valence-corrected chi connectivity index (χ3v) is 6.08. The summed E-state index contributed by atoms with van der Waals surface area (Å²) in [6.07, 6.45) is 3.22. The highest BCUT2D eigenvalue weighted by molar-refractivity contribution is 6.58. The maximum atomic E-state index is 12.4. The van der Waals surface area contributed by atoms with Gasteiger partial charge in [-0.1, -0.05) is 24.3 Å². The minimum Gasteiger partial charge on any atom is -0.494 e. The maximum Gasteiger partial charge on any atom is 0.488 e. The van der Waals surface area contributed by atoms with Crippen molar-refractivity contribution in [1.29, 1.82) is 0 Å². The molecule has 0 aliphatic heterocycles. The average Bonchev–Trinajstić information content (AvgIpc) is 2.86. The van der Waals surface area contributed by atoms with Crippen molar-refractivity contribution < 1.29 is 28.8 Å². The quantitative estimate of drug-likeness (QED) is 0.143. The Bertz CT molecular complexity index is 1290. The first-order chi connectivity index (χ1) is 17.7. The Morgan fingerprint density at radius 2 is 1.62 bits per heavy atom. The summed E-state index contributed by atoms with van der Waals surface area (Å²) in [4.78, 5) is 36.8. The van der Waals surface area contributed by atoms with Crippen molar-refractivity contribution in [3.63, 3.8) is 0 Å². The summed E-state index contributed by atoms with van der Waals surface area (Å²) >= 11 is 0. The molecule has 3 aromatic rings. The Balaban J connectivity index is 2.06. The number of primary amides is 2. The predicted molar refractivity (Wildman–Crippen MR) is 143 cm³/mol. The summed E-state index contributed by atoms with van der Waals surface area (Å²) < 4.78 is 11.1. The van der Waals surface area contributed by atoms with Crippen LogP contribution in [0.25, 0.3) is 22.1 Å². The second-order valence-corrected chi connectivity index (χ2v) is 8.83. The lowest BCUT2D eigenvalue weighted by Crippen LogP contribution is -2.29. The van der Waals surface area contributed by atoms with Crippen LogP contribution < -0.4 is 32.2 Å². The molecule has 2 amide bonds. The number of carbonyl (C=O) groups excluding carboxylic acids is 2. The van der Waals surface area contributed by atoms with E-state index in [-0.39, 0.29) is 30.1 Å². The van der Waals surface area contributed by atoms with Gasteiger partial charge in [0.2, 0.25) is 11.8 Å². The van der Waals surface area contributed by atoms with Gasteiger partial charge in [-0.05, 0) is 48.3 Å². The molecule has 2 aromatic carbocycles. The van der Waals surface area contributed by atoms with E-state index in [0.29, 0.717) is 66.6 Å². The zero-order chi connectivity index (χ0) is 26.9. The number of rotatable bonds is 14. The Kier molecular flexibility index (Phi) is 9.70. The highest BCUT2D eigenvalue weighted by Gasteiger charge is 2.19. The third kappa shape index (κ3) is 7.58. The Morgan fingerprint density at radius 3 is 2.19 bits per heavy atom. The van der Waals surface area contributed by atoms with Gasteiger partial charge in [0.1, 0.15) is 11.3 Å². The fourth-order valence-corrected chi connectivity index (χ4v) is 4.25. The molecule has 0 radical (unpaired) electrons. The number of ether oxygens (including phenoxy) is 1. The first-order valence-corrected chi connectivity index (χ1v) is 12.1. The molecule has 0 fully saturated rings. The lowest BCUT2D eigenvalue weighted by atomic mass is 9.79. The van der Waals surface area contributed by atoms with E-state index in [1.165, 1.54) is 13.2 Å². The number of carbonyl (C=O) groups is 2. The van der Waals surface area contributed by atoms with Gasteiger partial charge in [0.15, 0.2) is 0 Å². The summed E-state index contributed by atoms with van der Waals surface area (Å²) in [6.45, 7) is 1.20. The second kappa shape index (κ2) is 12.9. The summed E-state index contributed by atoms with van der Waals surface area (Å²) in [7, 11) is -0.129. The minimum absolute atomic E-state index is 0.284. The third-order valence-electron chi connectivity index (χ3n) is 6.08. The zero-order valence-corrected chi connectivity index (χ0v) is 20.8. The fourth-order valence-electron chi connectivity index (χ4n) is 4.25. The first kappa shape index (κ1) is 27.8. The summed E-state index contributed by atoms with van der Waals surface area (Å²) in [5, 5.41) is 19.9. The van der Waals surface area contributed by atoms with Gasteiger partial charge in [0.25, 0.3) is 0 Å². The van der Waals surface area contributed by atoms with Crippen LogP contribution in [-0.4, -0.2) is 49.2 Å². The molecule has 196 valence electrons. The molecular weight excluding hydrogens is 477 g/mol. The normalized spacial score (nSPS) is 10.9. The monoisotopic (exact) mass is 509 g/mol. The first-order valence-electron chi connectivity index (χ1n) is 12.1. The van der Waals surface area contributed by atoms with Crippen LogP contribution in [0.1, 0.15) is 38.5 Å². The van der Waals surface area contributed by atoms with Gasteiger partial charge >= 0.3 is 12.7 Å². The van der Waals surface area contributed by atoms with Gasteiger partial charge in [0, 0.05) is 43.5 Å². The highest BCUT2D eigenvalue weighted by Crippen LogP contribution is 2.37. The SMILES string of the molecule is COc1cc2oc(=O)cc(-c3cccc(B(O)O)c3)c2cc1N(CCCCC(N)=O)CCCCC(N)=O. The molecule has 6 N–H and O–H groups in total. The number of benzene rings is 2. The number of hydrogen-bond donors (Lipinski definition) is 4. The summed E-state index contributed by atoms with van der Waals surface area (Å²) in [6, 6.07) is 11.5. The van der Waals surface area contributed by atoms with Crippen LogP contribution in [0.5, 0.6) is 5.75 Å². The van der Waals surface area contributed by atoms with E-state index in [1.54, 1.807) is 30.3 Å². The molecule has 37 heavy (non-hydrogen) atoms. The lowest BCUT2D eigenvalue weighted by molar-refractivity contribution is -0.118. The van der Waals surface area contributed by atoms with Crippen molar-refractivity contribution in [2.24, 2.45) is 11.5 Å². The molecule has 0 saturated heterocycles. The molecule has 10 nitrogen and oxygen atoms in total. The molecule has 0 aliphatic carbocycles. The van der Waals surface area contributed by atoms with Crippen LogP contribution in [0.4, 0.5) is 5.69 Å². The Labute approximate surface area is 215 Å². The molecule has 1 heterocycles. The number of anilines is 1. The van der Waals surface area contributed by atoms with E-state index in [2.05, 4.69) is 4.90 Å². The Hall–Kier alpha value is -3.83. The number of unbranched alkanes of at least 4 members (excludes halogenated alkanes) is 2. The van der Waals surface area contributed by atoms with E-state index < -0.39 is 12.7 Å². The van der Waals surface area contributed by atoms with E-state index in [9.17, 15) is 24.4 Å². The van der Waals surface area contributed by atoms with Crippen LogP contribution in [0.15, 0.2) is 51.7 Å². The van der Waals surface area contributed by atoms with Crippen molar-refractivity contribution >= 4 is 41.1 Å². The van der Waals surface area contributed by atoms with E-state index in [4.69, 9.17) is 20.6 Å². The molecule has 3 rings (SSSR count). The van der Waals surface area contributed by atoms with Crippen molar-refractivity contribution in [3.05, 3.63) is 52.9 Å². The van der Waals surface area contributed by atoms with Crippen molar-refractivity contribution in [3.8, 4) is 16.9 Å². The van der Waals surface area contributed by atoms with Gasteiger partial charge in [-0.3, -0.25) is 9.59 Å². The van der Waals surface area contributed by atoms with E-state index in [0.717, 1.165) is 5.69 Å². The molecule has 11 heteroatoms. The van der Waals surface area contributed by atoms with Crippen LogP contribution in [-0.2, 0) is 9.59 Å². The molecule has 0 saturated carbocycles. The summed E-state index contributed by atoms with van der Waals surface area (Å²) in [5.41, 5.74) is 12.6. The van der Waals surface area contributed by atoms with Crippen molar-refractivity contribution in [2.75, 3.05) is 25.1 Å². The van der Waals surface area contributed by atoms with Gasteiger partial charge in [-0.15, -0.1) is 0 Å². The van der Waals surface area contributed by atoms with E-state index >= 15 is 0 Å². The molecular formula is C26H32BN3O7. The smallest absolute Gasteiger partial charge is 0.488 e. The van der Waals surface area contributed by atoms with Gasteiger partial charge < -0.3 is 35.6 Å². The van der Waals surface area contributed by atoms with E-state index in [1.807, 2.05) is 6.07 Å². The molecule has 0 bridgehead atoms. The number of methoxy groups -OCH3 is 1. The van der Waals surface area contributed by atoms with Gasteiger partial charge in [0.05, 0.1) is 12.8 Å². The molecule has 0 unspecified atom stereocenters. The fraction of sp³-hybridized carbons (Fsp3) is 0.346. The Morgan fingerprint density at radius 1 is 0.973 bits per heavy atom. The summed E-state index contributed by atoms with van der Waals surface area (Å²) in [5.74, 6) is -0.213. The molecule has 1 aromatic heterocycles. The minimum atomic E-state index is -1.65. The van der Waals surface area contributed by atoms with Gasteiger partial charge in [-0.25, -0.2) is 4.79 Å². The largest absolute Gasteiger partial charge is 0.494 e. The van der Waals surface area contributed by atoms with Crippen molar-refractivity contribution in [1.82, 2.24) is 0 Å². The number of nitrogens with zero attached hydrogens (tertiary/aromatic N) is 1. The lowest BCUT2D eigenvalue weighted by Gasteiger charge is -2.27. The van der Waals surface area contributed by atoms with Gasteiger partial charge in [-0.2, -0.15) is 0 Å². The van der Waals surface area contributed by atoms with Crippen LogP contribution >= 0.6 is 0 Å². The molecule has 0 aliphatic rings. The van der Waals surface area contributed by atoms with Crippen LogP contribution in [0, 0.1) is 0 Å². The topological polar surface area (TPSA) is 169 Å². The number of nitrogens with two attached hydrogens (primary N) is 2. The number of amides is 2. The van der Waals surface area contributed by atoms with Crippen molar-refractivity contribution in [2.45, 2.75) is 38.5 Å². The van der Waals surface area contributed by atoms with Crippen LogP contribution in [0.2, 0.25) is 0 Å². The maximum absolute atomic E-state index is 12.4. The standard InChI is InChI=1S/C26H32BN3O7/c1-36-23-16-22-20(19(15-26(33)37-22)17-7-6-8-18(13-17)27(34)35)14-21(23)30(11-4-2-9-24(28)31)12-5-3-10-25(29)32/h6-8,13-16,34-35H,2-5,9-12H2,1H3,(H2,28,31)(H2,29,32). The number of hydrogen-bond acceptors (Lipinski definition) is 8.